The van der Waals surface area contributed by atoms with E-state index >= 15 is 0 Å². The lowest BCUT2D eigenvalue weighted by Crippen LogP contribution is -2.18. The van der Waals surface area contributed by atoms with E-state index in [4.69, 9.17) is 0 Å². The minimum absolute atomic E-state index is 0.0345. The van der Waals surface area contributed by atoms with Crippen LogP contribution in [0, 0.1) is 0 Å². The topological polar surface area (TPSA) is 72.8 Å². The molecule has 2 rings (SSSR count). The van der Waals surface area contributed by atoms with Crippen molar-refractivity contribution in [3.63, 3.8) is 0 Å². The number of benzene rings is 1. The number of aromatic nitrogens is 4. The van der Waals surface area contributed by atoms with Crippen LogP contribution in [0.2, 0.25) is 0 Å². The summed E-state index contributed by atoms with van der Waals surface area (Å²) in [7, 11) is 0. The van der Waals surface area contributed by atoms with Crippen LogP contribution in [0.3, 0.4) is 0 Å². The second-order valence-corrected chi connectivity index (χ2v) is 3.94. The second-order valence-electron chi connectivity index (χ2n) is 3.08. The van der Waals surface area contributed by atoms with Gasteiger partial charge in [0.25, 0.3) is 0 Å². The fraction of sp³-hybridized carbons (Fsp3) is 0.125. The third-order valence-corrected chi connectivity index (χ3v) is 2.48. The molecule has 0 aliphatic carbocycles. The Labute approximate surface area is 105 Å². The van der Waals surface area contributed by atoms with Gasteiger partial charge in [-0.3, -0.25) is 0 Å². The summed E-state index contributed by atoms with van der Waals surface area (Å²) >= 11 is 2.91. The lowest BCUT2D eigenvalue weighted by Gasteiger charge is -2.10. The number of H-pyrrole nitrogens is 1. The van der Waals surface area contributed by atoms with Crippen LogP contribution in [0.15, 0.2) is 27.5 Å². The van der Waals surface area contributed by atoms with Crippen LogP contribution in [0.1, 0.15) is 0 Å². The zero-order chi connectivity index (χ0) is 13.3. The van der Waals surface area contributed by atoms with Crippen molar-refractivity contribution in [2.45, 2.75) is 6.36 Å². The van der Waals surface area contributed by atoms with Gasteiger partial charge in [-0.15, -0.1) is 13.2 Å². The highest BCUT2D eigenvalue weighted by Crippen LogP contribution is 2.31. The predicted octanol–water partition coefficient (Wildman–Crippen LogP) is 1.62. The fourth-order valence-electron chi connectivity index (χ4n) is 1.20. The number of alkyl halides is 3. The molecular weight excluding hydrogens is 321 g/mol. The highest BCUT2D eigenvalue weighted by molar-refractivity contribution is 9.10. The van der Waals surface area contributed by atoms with E-state index in [0.717, 1.165) is 10.7 Å². The quantitative estimate of drug-likeness (QED) is 0.911. The lowest BCUT2D eigenvalue weighted by atomic mass is 10.3. The average Bonchev–Trinajstić information content (AvgIpc) is 2.66. The predicted molar refractivity (Wildman–Crippen MR) is 56.4 cm³/mol. The van der Waals surface area contributed by atoms with Gasteiger partial charge in [-0.05, 0) is 44.6 Å². The maximum atomic E-state index is 12.0. The van der Waals surface area contributed by atoms with Crippen molar-refractivity contribution in [3.05, 3.63) is 33.2 Å². The molecule has 0 spiro atoms. The molecule has 1 aromatic carbocycles. The summed E-state index contributed by atoms with van der Waals surface area (Å²) in [6, 6.07) is 3.56. The maximum Gasteiger partial charge on any atom is 0.573 e. The Hall–Kier alpha value is -1.84. The van der Waals surface area contributed by atoms with Gasteiger partial charge in [0.1, 0.15) is 5.75 Å². The van der Waals surface area contributed by atoms with Gasteiger partial charge < -0.3 is 4.74 Å². The van der Waals surface area contributed by atoms with E-state index in [2.05, 4.69) is 36.2 Å². The molecule has 1 N–H and O–H groups in total. The van der Waals surface area contributed by atoms with Crippen LogP contribution in [0.25, 0.3) is 5.69 Å². The first-order valence-corrected chi connectivity index (χ1v) is 5.22. The second kappa shape index (κ2) is 4.44. The molecule has 6 nitrogen and oxygen atoms in total. The number of nitrogens with one attached hydrogen (secondary N) is 1. The monoisotopic (exact) mass is 324 g/mol. The van der Waals surface area contributed by atoms with Gasteiger partial charge in [0, 0.05) is 0 Å². The summed E-state index contributed by atoms with van der Waals surface area (Å²) in [5, 5.41) is 8.76. The van der Waals surface area contributed by atoms with E-state index in [1.165, 1.54) is 12.1 Å². The molecule has 0 aliphatic heterocycles. The van der Waals surface area contributed by atoms with Gasteiger partial charge in [0.05, 0.1) is 10.2 Å². The van der Waals surface area contributed by atoms with Crippen molar-refractivity contribution in [1.82, 2.24) is 20.2 Å². The largest absolute Gasteiger partial charge is 0.573 e. The number of tetrazole rings is 1. The molecule has 0 amide bonds. The van der Waals surface area contributed by atoms with Gasteiger partial charge in [-0.1, -0.05) is 0 Å². The molecule has 0 saturated carbocycles. The molecule has 0 aliphatic rings. The summed E-state index contributed by atoms with van der Waals surface area (Å²) in [5.41, 5.74) is -0.360. The Morgan fingerprint density at radius 2 is 2.11 bits per heavy atom. The molecule has 1 aromatic heterocycles. The van der Waals surface area contributed by atoms with Gasteiger partial charge in [0.2, 0.25) is 0 Å². The minimum Gasteiger partial charge on any atom is -0.405 e. The normalized spacial score (nSPS) is 11.6. The van der Waals surface area contributed by atoms with E-state index < -0.39 is 17.8 Å². The maximum absolute atomic E-state index is 12.0. The average molecular weight is 325 g/mol. The summed E-state index contributed by atoms with van der Waals surface area (Å²) in [6.07, 6.45) is -4.78. The Morgan fingerprint density at radius 1 is 1.39 bits per heavy atom. The number of nitrogens with zero attached hydrogens (tertiary/aromatic N) is 3. The third kappa shape index (κ3) is 2.70. The first-order chi connectivity index (χ1) is 8.37. The van der Waals surface area contributed by atoms with E-state index in [1.807, 2.05) is 0 Å². The van der Waals surface area contributed by atoms with Crippen LogP contribution < -0.4 is 10.4 Å². The van der Waals surface area contributed by atoms with Crippen LogP contribution in [0.5, 0.6) is 5.75 Å². The third-order valence-electron chi connectivity index (χ3n) is 1.86. The molecule has 0 bridgehead atoms. The molecular formula is C8H4BrF3N4O2. The summed E-state index contributed by atoms with van der Waals surface area (Å²) in [5.74, 6) is -0.414. The Kier molecular flexibility index (Phi) is 3.11. The fourth-order valence-corrected chi connectivity index (χ4v) is 1.64. The first kappa shape index (κ1) is 12.6. The van der Waals surface area contributed by atoms with Crippen LogP contribution in [0.4, 0.5) is 13.2 Å². The van der Waals surface area contributed by atoms with Crippen molar-refractivity contribution in [3.8, 4) is 11.4 Å². The smallest absolute Gasteiger partial charge is 0.405 e. The van der Waals surface area contributed by atoms with E-state index in [0.29, 0.717) is 0 Å². The highest BCUT2D eigenvalue weighted by Gasteiger charge is 2.32. The molecule has 0 fully saturated rings. The Balaban J connectivity index is 2.37. The molecule has 2 aromatic rings. The molecule has 0 radical (unpaired) electrons. The number of ether oxygens (including phenoxy) is 1. The van der Waals surface area contributed by atoms with Crippen molar-refractivity contribution >= 4 is 15.9 Å². The number of halogens is 4. The van der Waals surface area contributed by atoms with Crippen LogP contribution in [-0.2, 0) is 0 Å². The zero-order valence-corrected chi connectivity index (χ0v) is 9.99. The molecule has 0 unspecified atom stereocenters. The standard InChI is InChI=1S/C8H4BrF3N4O2/c9-5-3-4(16-7(17)13-14-15-16)1-2-6(5)18-8(10,11)12/h1-3H,(H,13,15,17). The molecule has 18 heavy (non-hydrogen) atoms. The molecule has 0 saturated heterocycles. The summed E-state index contributed by atoms with van der Waals surface area (Å²) < 4.78 is 40.8. The van der Waals surface area contributed by atoms with E-state index in [9.17, 15) is 18.0 Å². The first-order valence-electron chi connectivity index (χ1n) is 4.43. The van der Waals surface area contributed by atoms with Gasteiger partial charge in [-0.2, -0.15) is 4.68 Å². The minimum atomic E-state index is -4.78. The van der Waals surface area contributed by atoms with E-state index in [-0.39, 0.29) is 10.2 Å². The van der Waals surface area contributed by atoms with Crippen molar-refractivity contribution in [2.75, 3.05) is 0 Å². The Bertz CT molecular complexity index is 621. The number of hydrogen-bond donors (Lipinski definition) is 1. The summed E-state index contributed by atoms with van der Waals surface area (Å²) in [6.45, 7) is 0. The summed E-state index contributed by atoms with van der Waals surface area (Å²) in [4.78, 5) is 11.2. The molecule has 1 heterocycles. The SMILES string of the molecule is O=c1[nH]nnn1-c1ccc(OC(F)(F)F)c(Br)c1. The lowest BCUT2D eigenvalue weighted by molar-refractivity contribution is -0.274. The van der Waals surface area contributed by atoms with Gasteiger partial charge in [-0.25, -0.2) is 9.89 Å². The number of rotatable bonds is 2. The van der Waals surface area contributed by atoms with Gasteiger partial charge >= 0.3 is 12.1 Å². The number of hydrogen-bond acceptors (Lipinski definition) is 4. The molecule has 96 valence electrons. The van der Waals surface area contributed by atoms with Crippen molar-refractivity contribution < 1.29 is 17.9 Å². The van der Waals surface area contributed by atoms with E-state index in [1.54, 1.807) is 0 Å². The van der Waals surface area contributed by atoms with Crippen LogP contribution in [-0.4, -0.2) is 26.6 Å². The Morgan fingerprint density at radius 3 is 2.61 bits per heavy atom. The van der Waals surface area contributed by atoms with Gasteiger partial charge in [0.15, 0.2) is 0 Å². The van der Waals surface area contributed by atoms with Crippen molar-refractivity contribution in [2.24, 2.45) is 0 Å². The highest BCUT2D eigenvalue weighted by atomic mass is 79.9. The molecule has 10 heteroatoms. The molecule has 0 atom stereocenters. The van der Waals surface area contributed by atoms with Crippen molar-refractivity contribution in [1.29, 1.82) is 0 Å². The van der Waals surface area contributed by atoms with Crippen LogP contribution >= 0.6 is 15.9 Å². The zero-order valence-electron chi connectivity index (χ0n) is 8.40. The number of aromatic amines is 1.